The molecule has 1 saturated heterocycles. The Morgan fingerprint density at radius 3 is 2.03 bits per heavy atom. The predicted octanol–water partition coefficient (Wildman–Crippen LogP) is 3.40. The zero-order valence-electron chi connectivity index (χ0n) is 18.4. The predicted molar refractivity (Wildman–Crippen MR) is 119 cm³/mol. The Labute approximate surface area is 185 Å². The van der Waals surface area contributed by atoms with E-state index >= 15 is 0 Å². The molecule has 4 bridgehead atoms. The van der Waals surface area contributed by atoms with Gasteiger partial charge in [-0.15, -0.1) is 0 Å². The summed E-state index contributed by atoms with van der Waals surface area (Å²) >= 11 is 0. The summed E-state index contributed by atoms with van der Waals surface area (Å²) in [4.78, 5) is 29.9. The first-order chi connectivity index (χ1) is 15.0. The van der Waals surface area contributed by atoms with Crippen molar-refractivity contribution in [3.8, 4) is 5.75 Å². The molecule has 168 valence electrons. The minimum atomic E-state index is -0.0760. The lowest BCUT2D eigenvalue weighted by atomic mass is 9.49. The molecular weight excluding hydrogens is 390 g/mol. The molecule has 0 radical (unpaired) electrons. The average molecular weight is 426 g/mol. The normalized spacial score (nSPS) is 31.7. The number of aryl methyl sites for hydroxylation is 1. The summed E-state index contributed by atoms with van der Waals surface area (Å²) in [6, 6.07) is 7.19. The molecule has 0 spiro atoms. The van der Waals surface area contributed by atoms with E-state index in [9.17, 15) is 14.7 Å². The van der Waals surface area contributed by atoms with Gasteiger partial charge in [0.25, 0.3) is 0 Å². The van der Waals surface area contributed by atoms with Crippen molar-refractivity contribution >= 4 is 11.9 Å². The number of benzene rings is 1. The molecule has 0 atom stereocenters. The van der Waals surface area contributed by atoms with Crippen LogP contribution in [0.25, 0.3) is 0 Å². The summed E-state index contributed by atoms with van der Waals surface area (Å²) < 4.78 is 0. The van der Waals surface area contributed by atoms with Crippen LogP contribution in [0.3, 0.4) is 0 Å². The Balaban J connectivity index is 1.06. The molecule has 5 fully saturated rings. The van der Waals surface area contributed by atoms with E-state index in [1.54, 1.807) is 12.1 Å². The van der Waals surface area contributed by atoms with E-state index in [1.165, 1.54) is 19.3 Å². The molecule has 6 rings (SSSR count). The van der Waals surface area contributed by atoms with Crippen LogP contribution >= 0.6 is 0 Å². The number of hydrogen-bond acceptors (Lipinski definition) is 3. The van der Waals surface area contributed by atoms with Crippen molar-refractivity contribution in [3.63, 3.8) is 0 Å². The van der Waals surface area contributed by atoms with E-state index in [4.69, 9.17) is 0 Å². The van der Waals surface area contributed by atoms with Gasteiger partial charge in [-0.3, -0.25) is 4.79 Å². The van der Waals surface area contributed by atoms with E-state index in [1.807, 2.05) is 17.0 Å². The van der Waals surface area contributed by atoms with E-state index in [2.05, 4.69) is 10.2 Å². The fraction of sp³-hybridized carbons (Fsp3) is 0.680. The van der Waals surface area contributed by atoms with Crippen LogP contribution in [0.2, 0.25) is 0 Å². The van der Waals surface area contributed by atoms with Crippen molar-refractivity contribution in [3.05, 3.63) is 29.8 Å². The summed E-state index contributed by atoms with van der Waals surface area (Å²) in [5.41, 5.74) is 1.08. The average Bonchev–Trinajstić information content (AvgIpc) is 2.76. The third-order valence-corrected chi connectivity index (χ3v) is 8.20. The third-order valence-electron chi connectivity index (χ3n) is 8.20. The zero-order valence-corrected chi connectivity index (χ0v) is 18.4. The van der Waals surface area contributed by atoms with Gasteiger partial charge in [0.15, 0.2) is 0 Å². The van der Waals surface area contributed by atoms with Gasteiger partial charge in [-0.25, -0.2) is 4.79 Å². The van der Waals surface area contributed by atoms with Gasteiger partial charge in [0, 0.05) is 32.7 Å². The molecule has 4 saturated carbocycles. The number of nitrogens with one attached hydrogen (secondary N) is 1. The first kappa shape index (κ1) is 20.7. The Bertz CT molecular complexity index is 779. The van der Waals surface area contributed by atoms with Crippen molar-refractivity contribution in [1.29, 1.82) is 0 Å². The van der Waals surface area contributed by atoms with Crippen LogP contribution in [-0.4, -0.2) is 59.6 Å². The van der Waals surface area contributed by atoms with Crippen LogP contribution in [0.15, 0.2) is 24.3 Å². The Morgan fingerprint density at radius 2 is 1.45 bits per heavy atom. The van der Waals surface area contributed by atoms with Gasteiger partial charge in [0.1, 0.15) is 5.75 Å². The highest BCUT2D eigenvalue weighted by molar-refractivity contribution is 5.84. The molecule has 1 heterocycles. The molecule has 1 aromatic rings. The zero-order chi connectivity index (χ0) is 21.4. The van der Waals surface area contributed by atoms with Crippen LogP contribution < -0.4 is 5.32 Å². The summed E-state index contributed by atoms with van der Waals surface area (Å²) in [7, 11) is 0. The van der Waals surface area contributed by atoms with Gasteiger partial charge < -0.3 is 20.2 Å². The largest absolute Gasteiger partial charge is 0.508 e. The minimum absolute atomic E-state index is 0.0207. The smallest absolute Gasteiger partial charge is 0.317 e. The van der Waals surface area contributed by atoms with Crippen LogP contribution in [0.1, 0.15) is 50.5 Å². The number of nitrogens with zero attached hydrogens (tertiary/aromatic N) is 2. The molecule has 0 aromatic heterocycles. The second kappa shape index (κ2) is 8.36. The number of hydrogen-bond donors (Lipinski definition) is 2. The van der Waals surface area contributed by atoms with Crippen molar-refractivity contribution in [2.45, 2.75) is 51.4 Å². The molecule has 31 heavy (non-hydrogen) atoms. The first-order valence-corrected chi connectivity index (χ1v) is 12.1. The van der Waals surface area contributed by atoms with Crippen LogP contribution in [0.4, 0.5) is 4.79 Å². The van der Waals surface area contributed by atoms with Gasteiger partial charge in [-0.05, 0) is 86.8 Å². The molecule has 6 heteroatoms. The molecule has 3 amide bonds. The minimum Gasteiger partial charge on any atom is -0.508 e. The number of phenols is 1. The lowest BCUT2D eigenvalue weighted by Crippen LogP contribution is -2.59. The van der Waals surface area contributed by atoms with Crippen molar-refractivity contribution in [2.75, 3.05) is 32.7 Å². The number of aromatic hydroxyl groups is 1. The monoisotopic (exact) mass is 425 g/mol. The number of carbonyl (C=O) groups is 2. The van der Waals surface area contributed by atoms with E-state index in [-0.39, 0.29) is 17.2 Å². The molecule has 6 nitrogen and oxygen atoms in total. The van der Waals surface area contributed by atoms with E-state index in [0.717, 1.165) is 55.4 Å². The maximum absolute atomic E-state index is 13.5. The maximum Gasteiger partial charge on any atom is 0.317 e. The van der Waals surface area contributed by atoms with Crippen molar-refractivity contribution in [2.24, 2.45) is 23.2 Å². The molecule has 1 aromatic carbocycles. The second-order valence-electron chi connectivity index (χ2n) is 10.5. The summed E-state index contributed by atoms with van der Waals surface area (Å²) in [6.07, 6.45) is 9.13. The lowest BCUT2D eigenvalue weighted by molar-refractivity contribution is -0.159. The quantitative estimate of drug-likeness (QED) is 0.710. The maximum atomic E-state index is 13.5. The Morgan fingerprint density at radius 1 is 0.903 bits per heavy atom. The second-order valence-corrected chi connectivity index (χ2v) is 10.5. The third kappa shape index (κ3) is 4.26. The lowest BCUT2D eigenvalue weighted by Gasteiger charge is -2.57. The molecular formula is C25H35N3O3. The number of amides is 3. The Kier molecular flexibility index (Phi) is 5.57. The fourth-order valence-electron chi connectivity index (χ4n) is 7.08. The fourth-order valence-corrected chi connectivity index (χ4v) is 7.08. The van der Waals surface area contributed by atoms with E-state index in [0.29, 0.717) is 38.6 Å². The van der Waals surface area contributed by atoms with Crippen LogP contribution in [0.5, 0.6) is 5.75 Å². The SMILES string of the molecule is O=C(NCCCc1ccc(O)cc1)N1CCN(C(=O)C23CC4CC(CC(C4)C2)C3)CC1. The van der Waals surface area contributed by atoms with Crippen LogP contribution in [-0.2, 0) is 11.2 Å². The summed E-state index contributed by atoms with van der Waals surface area (Å²) in [6.45, 7) is 3.22. The first-order valence-electron chi connectivity index (χ1n) is 12.1. The number of rotatable bonds is 5. The highest BCUT2D eigenvalue weighted by atomic mass is 16.3. The van der Waals surface area contributed by atoms with E-state index < -0.39 is 0 Å². The molecule has 4 aliphatic carbocycles. The standard InChI is InChI=1S/C25H35N3O3/c29-22-5-3-18(4-6-22)2-1-7-26-24(31)28-10-8-27(9-11-28)23(30)25-15-19-12-20(16-25)14-21(13-19)17-25/h3-6,19-21,29H,1-2,7-17H2,(H,26,31). The highest BCUT2D eigenvalue weighted by Crippen LogP contribution is 2.60. The van der Waals surface area contributed by atoms with Gasteiger partial charge in [-0.2, -0.15) is 0 Å². The number of piperazine rings is 1. The van der Waals surface area contributed by atoms with Gasteiger partial charge in [0.05, 0.1) is 5.41 Å². The summed E-state index contributed by atoms with van der Waals surface area (Å²) in [5, 5.41) is 12.4. The van der Waals surface area contributed by atoms with Gasteiger partial charge in [0.2, 0.25) is 5.91 Å². The molecule has 2 N–H and O–H groups in total. The number of urea groups is 1. The van der Waals surface area contributed by atoms with Gasteiger partial charge >= 0.3 is 6.03 Å². The molecule has 0 unspecified atom stereocenters. The summed E-state index contributed by atoms with van der Waals surface area (Å²) in [5.74, 6) is 3.01. The van der Waals surface area contributed by atoms with Crippen molar-refractivity contribution < 1.29 is 14.7 Å². The topological polar surface area (TPSA) is 72.9 Å². The number of phenolic OH excluding ortho intramolecular Hbond substituents is 1. The molecule has 5 aliphatic rings. The molecule has 1 aliphatic heterocycles. The van der Waals surface area contributed by atoms with Gasteiger partial charge in [-0.1, -0.05) is 12.1 Å². The number of carbonyl (C=O) groups excluding carboxylic acids is 2. The Hall–Kier alpha value is -2.24. The van der Waals surface area contributed by atoms with Crippen molar-refractivity contribution in [1.82, 2.24) is 15.1 Å². The van der Waals surface area contributed by atoms with Crippen LogP contribution in [0, 0.1) is 23.2 Å². The highest BCUT2D eigenvalue weighted by Gasteiger charge is 2.55.